The molecule has 0 spiro atoms. The second-order valence-electron chi connectivity index (χ2n) is 17.0. The van der Waals surface area contributed by atoms with Crippen molar-refractivity contribution in [2.24, 2.45) is 0 Å². The molecule has 6 aromatic heterocycles. The van der Waals surface area contributed by atoms with E-state index in [4.69, 9.17) is 15.0 Å². The molecule has 0 unspecified atom stereocenters. The second-order valence-corrected chi connectivity index (χ2v) is 17.9. The second kappa shape index (κ2) is 15.9. The van der Waals surface area contributed by atoms with Crippen molar-refractivity contribution in [2.75, 3.05) is 0 Å². The Bertz CT molecular complexity index is 4100. The third-order valence-electron chi connectivity index (χ3n) is 13.1. The van der Waals surface area contributed by atoms with Gasteiger partial charge in [-0.2, -0.15) is 9.97 Å². The molecule has 0 aliphatic heterocycles. The van der Waals surface area contributed by atoms with Crippen molar-refractivity contribution in [1.29, 1.82) is 0 Å². The first-order valence-electron chi connectivity index (χ1n) is 22.6. The largest absolute Gasteiger partial charge is 0.311 e. The van der Waals surface area contributed by atoms with Crippen LogP contribution >= 0.6 is 11.3 Å². The summed E-state index contributed by atoms with van der Waals surface area (Å²) in [5.74, 6) is 1.64. The van der Waals surface area contributed by atoms with Gasteiger partial charge in [0.25, 0.3) is 0 Å². The van der Waals surface area contributed by atoms with Crippen molar-refractivity contribution in [3.63, 3.8) is 0 Å². The molecule has 320 valence electrons. The molecular weight excluding hydrogens is 851 g/mol. The van der Waals surface area contributed by atoms with Gasteiger partial charge < -0.3 is 4.57 Å². The van der Waals surface area contributed by atoms with Crippen LogP contribution < -0.4 is 0 Å². The van der Waals surface area contributed by atoms with Crippen LogP contribution in [0.3, 0.4) is 0 Å². The Hall–Kier alpha value is -8.85. The summed E-state index contributed by atoms with van der Waals surface area (Å²) in [4.78, 5) is 25.2. The minimum Gasteiger partial charge on any atom is -0.311 e. The Labute approximate surface area is 395 Å². The van der Waals surface area contributed by atoms with E-state index in [9.17, 15) is 0 Å². The molecule has 0 radical (unpaired) electrons. The number of nitrogens with zero attached hydrogens (tertiary/aromatic N) is 7. The highest BCUT2D eigenvalue weighted by atomic mass is 32.1. The van der Waals surface area contributed by atoms with Crippen molar-refractivity contribution >= 4 is 82.0 Å². The molecule has 0 aliphatic carbocycles. The number of pyridine rings is 2. The highest BCUT2D eigenvalue weighted by Gasteiger charge is 2.25. The van der Waals surface area contributed by atoms with Crippen molar-refractivity contribution in [3.05, 3.63) is 218 Å². The monoisotopic (exact) mass is 889 g/mol. The van der Waals surface area contributed by atoms with E-state index >= 15 is 0 Å². The smallest absolute Gasteiger partial charge is 0.238 e. The molecule has 0 aliphatic rings. The van der Waals surface area contributed by atoms with E-state index in [2.05, 4.69) is 178 Å². The van der Waals surface area contributed by atoms with Gasteiger partial charge in [-0.15, -0.1) is 11.3 Å². The van der Waals surface area contributed by atoms with Crippen LogP contribution in [0.5, 0.6) is 0 Å². The number of rotatable bonds is 8. The van der Waals surface area contributed by atoms with Gasteiger partial charge in [-0.25, -0.2) is 4.98 Å². The van der Waals surface area contributed by atoms with E-state index in [-0.39, 0.29) is 0 Å². The van der Waals surface area contributed by atoms with Crippen molar-refractivity contribution in [1.82, 2.24) is 34.1 Å². The molecule has 0 atom stereocenters. The summed E-state index contributed by atoms with van der Waals surface area (Å²) in [6.45, 7) is 6.25. The first-order chi connectivity index (χ1) is 33.6. The van der Waals surface area contributed by atoms with Crippen molar-refractivity contribution in [3.8, 4) is 56.7 Å². The Balaban J connectivity index is 1.07. The highest BCUT2D eigenvalue weighted by molar-refractivity contribution is 7.17. The van der Waals surface area contributed by atoms with Gasteiger partial charge in [0.05, 0.1) is 27.6 Å². The Kier molecular flexibility index (Phi) is 9.26. The van der Waals surface area contributed by atoms with Crippen LogP contribution in [0.25, 0.3) is 127 Å². The van der Waals surface area contributed by atoms with E-state index in [0.29, 0.717) is 17.6 Å². The maximum absolute atomic E-state index is 5.40. The van der Waals surface area contributed by atoms with Crippen molar-refractivity contribution in [2.45, 2.75) is 6.92 Å². The van der Waals surface area contributed by atoms with Gasteiger partial charge in [-0.3, -0.25) is 14.5 Å². The SMILES string of the molecule is C=C/C=C\c1c(C)n(-c2cccc(-c3ccc4c(-c5ccccc5)csc4c3)c2)c2c1ccc1c3ccccc3n(-c3nc(-c4ccc5ncccc5c4)nc(-c4ccc5ncccc5c4)n3)c12. The highest BCUT2D eigenvalue weighted by Crippen LogP contribution is 2.42. The van der Waals surface area contributed by atoms with Crippen molar-refractivity contribution < 1.29 is 0 Å². The quantitative estimate of drug-likeness (QED) is 0.142. The molecule has 8 heteroatoms. The van der Waals surface area contributed by atoms with E-state index in [0.717, 1.165) is 88.1 Å². The lowest BCUT2D eigenvalue weighted by atomic mass is 10.0. The Morgan fingerprint density at radius 1 is 0.515 bits per heavy atom. The van der Waals surface area contributed by atoms with E-state index in [1.807, 2.05) is 60.9 Å². The molecule has 0 amide bonds. The molecule has 0 bridgehead atoms. The Morgan fingerprint density at radius 3 is 1.91 bits per heavy atom. The lowest BCUT2D eigenvalue weighted by Gasteiger charge is -2.14. The summed E-state index contributed by atoms with van der Waals surface area (Å²) in [7, 11) is 0. The number of para-hydroxylation sites is 1. The maximum atomic E-state index is 5.40. The average molecular weight is 890 g/mol. The van der Waals surface area contributed by atoms with Gasteiger partial charge in [0.2, 0.25) is 5.95 Å². The number of aromatic nitrogens is 7. The third-order valence-corrected chi connectivity index (χ3v) is 14.0. The van der Waals surface area contributed by atoms with Gasteiger partial charge in [0.15, 0.2) is 11.6 Å². The molecule has 0 saturated carbocycles. The van der Waals surface area contributed by atoms with Crippen LogP contribution in [0, 0.1) is 6.92 Å². The fourth-order valence-electron chi connectivity index (χ4n) is 9.90. The summed E-state index contributed by atoms with van der Waals surface area (Å²) in [5, 5.41) is 8.85. The molecule has 0 fully saturated rings. The average Bonchev–Trinajstić information content (AvgIpc) is 4.07. The molecule has 6 heterocycles. The minimum absolute atomic E-state index is 0.516. The molecule has 68 heavy (non-hydrogen) atoms. The van der Waals surface area contributed by atoms with E-state index < -0.39 is 0 Å². The summed E-state index contributed by atoms with van der Waals surface area (Å²) in [6.07, 6.45) is 9.65. The predicted octanol–water partition coefficient (Wildman–Crippen LogP) is 15.4. The lowest BCUT2D eigenvalue weighted by Crippen LogP contribution is -2.07. The van der Waals surface area contributed by atoms with Crippen LogP contribution in [0.15, 0.2) is 206 Å². The lowest BCUT2D eigenvalue weighted by molar-refractivity contribution is 0.952. The Morgan fingerprint density at radius 2 is 1.16 bits per heavy atom. The molecule has 0 saturated heterocycles. The molecule has 13 aromatic rings. The van der Waals surface area contributed by atoms with Gasteiger partial charge in [-0.1, -0.05) is 122 Å². The molecule has 7 aromatic carbocycles. The first kappa shape index (κ1) is 39.5. The van der Waals surface area contributed by atoms with Crippen LogP contribution in [-0.2, 0) is 0 Å². The number of hydrogen-bond donors (Lipinski definition) is 0. The third kappa shape index (κ3) is 6.45. The topological polar surface area (TPSA) is 74.3 Å². The summed E-state index contributed by atoms with van der Waals surface area (Å²) in [5.41, 5.74) is 14.7. The number of fused-ring (bicyclic) bond motifs is 8. The van der Waals surface area contributed by atoms with Gasteiger partial charge in [-0.05, 0) is 102 Å². The fourth-order valence-corrected chi connectivity index (χ4v) is 10.9. The predicted molar refractivity (Wildman–Crippen MR) is 283 cm³/mol. The summed E-state index contributed by atoms with van der Waals surface area (Å²) in [6, 6.07) is 59.9. The maximum Gasteiger partial charge on any atom is 0.238 e. The normalized spacial score (nSPS) is 11.9. The van der Waals surface area contributed by atoms with Gasteiger partial charge in [0, 0.05) is 83.0 Å². The summed E-state index contributed by atoms with van der Waals surface area (Å²) < 4.78 is 5.91. The van der Waals surface area contributed by atoms with E-state index in [1.165, 1.54) is 26.8 Å². The van der Waals surface area contributed by atoms with Crippen LogP contribution in [-0.4, -0.2) is 34.1 Å². The fraction of sp³-hybridized carbons (Fsp3) is 0.0167. The zero-order chi connectivity index (χ0) is 45.3. The molecule has 0 N–H and O–H groups in total. The molecule has 13 rings (SSSR count). The zero-order valence-electron chi connectivity index (χ0n) is 36.9. The van der Waals surface area contributed by atoms with Crippen LogP contribution in [0.2, 0.25) is 0 Å². The van der Waals surface area contributed by atoms with E-state index in [1.54, 1.807) is 11.3 Å². The van der Waals surface area contributed by atoms with Crippen LogP contribution in [0.4, 0.5) is 0 Å². The number of hydrogen-bond acceptors (Lipinski definition) is 6. The standard InChI is InChI=1S/C60H39N7S/c1-3-4-19-46-37(2)66(45-18-10-15-39(34-45)40-22-25-48-51(36-68-55(48)35-40)38-13-6-5-7-14-38)56-49(46)26-27-50-47-20-8-9-21-54(47)67(57(50)56)60-64-58(43-23-28-52-41(32-43)16-11-30-61-52)63-59(65-60)44-24-29-53-42(33-44)17-12-31-62-53/h3-36H,1H2,2H3/b19-4-. The molecule has 7 nitrogen and oxygen atoms in total. The van der Waals surface area contributed by atoms with Gasteiger partial charge >= 0.3 is 0 Å². The first-order valence-corrected chi connectivity index (χ1v) is 23.5. The number of thiophene rings is 1. The van der Waals surface area contributed by atoms with Gasteiger partial charge in [0.1, 0.15) is 0 Å². The minimum atomic E-state index is 0.516. The number of benzene rings is 7. The zero-order valence-corrected chi connectivity index (χ0v) is 37.7. The summed E-state index contributed by atoms with van der Waals surface area (Å²) >= 11 is 1.79. The molecular formula is C60H39N7S. The van der Waals surface area contributed by atoms with Crippen LogP contribution in [0.1, 0.15) is 11.3 Å². The number of allylic oxidation sites excluding steroid dienone is 2.